The maximum absolute atomic E-state index is 9.42. The Bertz CT molecular complexity index is 332. The fourth-order valence-corrected chi connectivity index (χ4v) is 2.12. The molecule has 3 heteroatoms. The molecule has 0 atom stereocenters. The Morgan fingerprint density at radius 3 is 2.67 bits per heavy atom. The molecule has 0 aromatic heterocycles. The van der Waals surface area contributed by atoms with Gasteiger partial charge in [0, 0.05) is 0 Å². The minimum absolute atomic E-state index is 0.0879. The molecule has 82 valence electrons. The topological polar surface area (TPSA) is 29.5 Å². The number of hydrogen-bond acceptors (Lipinski definition) is 2. The largest absolute Gasteiger partial charge is 0.506 e. The quantitative estimate of drug-likeness (QED) is 0.832. The number of phenolic OH excluding ortho intramolecular Hbond substituents is 1. The van der Waals surface area contributed by atoms with E-state index in [1.54, 1.807) is 18.2 Å². The lowest BCUT2D eigenvalue weighted by atomic mass is 9.98. The van der Waals surface area contributed by atoms with E-state index in [9.17, 15) is 5.11 Å². The summed E-state index contributed by atoms with van der Waals surface area (Å²) in [5.74, 6) is 0.688. The van der Waals surface area contributed by atoms with Crippen LogP contribution in [0.25, 0.3) is 0 Å². The summed E-state index contributed by atoms with van der Waals surface area (Å²) in [5.41, 5.74) is 0. The third kappa shape index (κ3) is 2.57. The predicted octanol–water partition coefficient (Wildman–Crippen LogP) is 3.76. The highest BCUT2D eigenvalue weighted by atomic mass is 35.5. The van der Waals surface area contributed by atoms with Crippen LogP contribution in [0, 0.1) is 0 Å². The number of halogens is 1. The lowest BCUT2D eigenvalue weighted by molar-refractivity contribution is 0.154. The van der Waals surface area contributed by atoms with E-state index in [1.807, 2.05) is 0 Å². The van der Waals surface area contributed by atoms with E-state index in [4.69, 9.17) is 16.3 Å². The van der Waals surface area contributed by atoms with Crippen LogP contribution in [0.1, 0.15) is 32.1 Å². The Morgan fingerprint density at radius 2 is 1.93 bits per heavy atom. The third-order valence-corrected chi connectivity index (χ3v) is 3.17. The molecule has 1 aromatic rings. The van der Waals surface area contributed by atoms with Crippen LogP contribution in [0.4, 0.5) is 0 Å². The highest BCUT2D eigenvalue weighted by Crippen LogP contribution is 2.34. The molecule has 1 saturated carbocycles. The van der Waals surface area contributed by atoms with Crippen LogP contribution in [-0.4, -0.2) is 11.2 Å². The lowest BCUT2D eigenvalue weighted by Gasteiger charge is -2.23. The van der Waals surface area contributed by atoms with Gasteiger partial charge in [-0.2, -0.15) is 0 Å². The summed E-state index contributed by atoms with van der Waals surface area (Å²) in [4.78, 5) is 0. The molecule has 1 aromatic carbocycles. The second kappa shape index (κ2) is 4.75. The van der Waals surface area contributed by atoms with Crippen LogP contribution in [0.15, 0.2) is 18.2 Å². The Balaban J connectivity index is 2.06. The van der Waals surface area contributed by atoms with Gasteiger partial charge in [-0.05, 0) is 37.8 Å². The molecule has 1 aliphatic rings. The SMILES string of the molecule is Oc1cccc(OC2CCCCC2)c1Cl. The van der Waals surface area contributed by atoms with Gasteiger partial charge in [-0.15, -0.1) is 0 Å². The molecule has 2 rings (SSSR count). The summed E-state index contributed by atoms with van der Waals surface area (Å²) in [6.07, 6.45) is 6.19. The average molecular weight is 227 g/mol. The van der Waals surface area contributed by atoms with Crippen LogP contribution in [0.3, 0.4) is 0 Å². The van der Waals surface area contributed by atoms with E-state index in [-0.39, 0.29) is 11.9 Å². The standard InChI is InChI=1S/C12H15ClO2/c13-12-10(14)7-4-8-11(12)15-9-5-2-1-3-6-9/h4,7-9,14H,1-3,5-6H2. The molecule has 0 radical (unpaired) electrons. The summed E-state index contributed by atoms with van der Waals surface area (Å²) in [7, 11) is 0. The number of phenols is 1. The fourth-order valence-electron chi connectivity index (χ4n) is 1.95. The Morgan fingerprint density at radius 1 is 1.20 bits per heavy atom. The predicted molar refractivity (Wildman–Crippen MR) is 60.6 cm³/mol. The summed E-state index contributed by atoms with van der Waals surface area (Å²) >= 11 is 5.94. The number of rotatable bonds is 2. The van der Waals surface area contributed by atoms with E-state index in [2.05, 4.69) is 0 Å². The molecule has 1 N–H and O–H groups in total. The first kappa shape index (κ1) is 10.6. The Kier molecular flexibility index (Phi) is 3.37. The van der Waals surface area contributed by atoms with Gasteiger partial charge in [-0.3, -0.25) is 0 Å². The van der Waals surface area contributed by atoms with Crippen LogP contribution in [0.5, 0.6) is 11.5 Å². The van der Waals surface area contributed by atoms with Crippen molar-refractivity contribution in [2.75, 3.05) is 0 Å². The molecule has 0 heterocycles. The van der Waals surface area contributed by atoms with E-state index in [1.165, 1.54) is 19.3 Å². The Hall–Kier alpha value is -0.890. The average Bonchev–Trinajstić information content (AvgIpc) is 2.26. The summed E-state index contributed by atoms with van der Waals surface area (Å²) in [6, 6.07) is 5.12. The monoisotopic (exact) mass is 226 g/mol. The molecule has 2 nitrogen and oxygen atoms in total. The van der Waals surface area contributed by atoms with Crippen molar-refractivity contribution in [1.29, 1.82) is 0 Å². The molecule has 0 saturated heterocycles. The Labute approximate surface area is 94.8 Å². The van der Waals surface area contributed by atoms with Crippen molar-refractivity contribution in [2.24, 2.45) is 0 Å². The van der Waals surface area contributed by atoms with Crippen molar-refractivity contribution >= 4 is 11.6 Å². The molecule has 0 unspecified atom stereocenters. The zero-order valence-corrected chi connectivity index (χ0v) is 9.33. The molecule has 0 spiro atoms. The zero-order chi connectivity index (χ0) is 10.7. The van der Waals surface area contributed by atoms with Crippen LogP contribution >= 0.6 is 11.6 Å². The highest BCUT2D eigenvalue weighted by molar-refractivity contribution is 6.33. The summed E-state index contributed by atoms with van der Waals surface area (Å²) in [5, 5.41) is 9.74. The molecule has 0 amide bonds. The summed E-state index contributed by atoms with van der Waals surface area (Å²) in [6.45, 7) is 0. The van der Waals surface area contributed by atoms with Crippen LogP contribution < -0.4 is 4.74 Å². The fraction of sp³-hybridized carbons (Fsp3) is 0.500. The number of hydrogen-bond donors (Lipinski definition) is 1. The van der Waals surface area contributed by atoms with E-state index >= 15 is 0 Å². The van der Waals surface area contributed by atoms with Crippen molar-refractivity contribution in [3.8, 4) is 11.5 Å². The van der Waals surface area contributed by atoms with E-state index < -0.39 is 0 Å². The molecule has 0 bridgehead atoms. The van der Waals surface area contributed by atoms with E-state index in [0.717, 1.165) is 12.8 Å². The van der Waals surface area contributed by atoms with E-state index in [0.29, 0.717) is 10.8 Å². The second-order valence-electron chi connectivity index (χ2n) is 3.97. The van der Waals surface area contributed by atoms with Gasteiger partial charge < -0.3 is 9.84 Å². The van der Waals surface area contributed by atoms with Gasteiger partial charge in [0.2, 0.25) is 0 Å². The number of aromatic hydroxyl groups is 1. The normalized spacial score (nSPS) is 17.7. The smallest absolute Gasteiger partial charge is 0.142 e. The second-order valence-corrected chi connectivity index (χ2v) is 4.35. The van der Waals surface area contributed by atoms with Crippen molar-refractivity contribution in [1.82, 2.24) is 0 Å². The molecular weight excluding hydrogens is 212 g/mol. The lowest BCUT2D eigenvalue weighted by Crippen LogP contribution is -2.19. The van der Waals surface area contributed by atoms with Crippen LogP contribution in [0.2, 0.25) is 5.02 Å². The third-order valence-electron chi connectivity index (χ3n) is 2.79. The maximum atomic E-state index is 9.42. The minimum Gasteiger partial charge on any atom is -0.506 e. The molecule has 1 fully saturated rings. The van der Waals surface area contributed by atoms with Gasteiger partial charge in [0.15, 0.2) is 0 Å². The van der Waals surface area contributed by atoms with Crippen molar-refractivity contribution in [3.05, 3.63) is 23.2 Å². The first-order chi connectivity index (χ1) is 7.27. The zero-order valence-electron chi connectivity index (χ0n) is 8.58. The van der Waals surface area contributed by atoms with Crippen molar-refractivity contribution < 1.29 is 9.84 Å². The highest BCUT2D eigenvalue weighted by Gasteiger charge is 2.16. The minimum atomic E-state index is 0.0879. The van der Waals surface area contributed by atoms with Crippen molar-refractivity contribution in [2.45, 2.75) is 38.2 Å². The van der Waals surface area contributed by atoms with Gasteiger partial charge in [0.1, 0.15) is 16.5 Å². The first-order valence-electron chi connectivity index (χ1n) is 5.41. The summed E-state index contributed by atoms with van der Waals surface area (Å²) < 4.78 is 5.77. The van der Waals surface area contributed by atoms with Gasteiger partial charge in [0.05, 0.1) is 6.10 Å². The molecular formula is C12H15ClO2. The number of benzene rings is 1. The molecule has 0 aliphatic heterocycles. The molecule has 1 aliphatic carbocycles. The van der Waals surface area contributed by atoms with Crippen molar-refractivity contribution in [3.63, 3.8) is 0 Å². The maximum Gasteiger partial charge on any atom is 0.142 e. The molecule has 15 heavy (non-hydrogen) atoms. The number of ether oxygens (including phenoxy) is 1. The van der Waals surface area contributed by atoms with Gasteiger partial charge in [-0.25, -0.2) is 0 Å². The first-order valence-corrected chi connectivity index (χ1v) is 5.79. The van der Waals surface area contributed by atoms with Gasteiger partial charge >= 0.3 is 0 Å². The van der Waals surface area contributed by atoms with Gasteiger partial charge in [0.25, 0.3) is 0 Å². The van der Waals surface area contributed by atoms with Crippen LogP contribution in [-0.2, 0) is 0 Å². The van der Waals surface area contributed by atoms with Gasteiger partial charge in [-0.1, -0.05) is 24.1 Å².